The Balaban J connectivity index is 1.62. The van der Waals surface area contributed by atoms with Crippen molar-refractivity contribution < 1.29 is 17.9 Å². The molecule has 0 N–H and O–H groups in total. The molecule has 2 aromatic carbocycles. The highest BCUT2D eigenvalue weighted by Gasteiger charge is 2.28. The number of piperazine rings is 1. The van der Waals surface area contributed by atoms with Crippen molar-refractivity contribution in [2.45, 2.75) is 4.90 Å². The second kappa shape index (κ2) is 8.53. The molecule has 7 heteroatoms. The first-order valence-electron chi connectivity index (χ1n) is 8.63. The highest BCUT2D eigenvalue weighted by molar-refractivity contribution is 7.89. The van der Waals surface area contributed by atoms with Gasteiger partial charge in [-0.15, -0.1) is 0 Å². The van der Waals surface area contributed by atoms with Crippen LogP contribution in [0.25, 0.3) is 0 Å². The summed E-state index contributed by atoms with van der Waals surface area (Å²) < 4.78 is 37.7. The molecule has 3 rings (SSSR count). The van der Waals surface area contributed by atoms with Crippen molar-refractivity contribution in [1.29, 1.82) is 0 Å². The quantitative estimate of drug-likeness (QED) is 0.694. The first kappa shape index (κ1) is 18.7. The number of hydrogen-bond acceptors (Lipinski definition) is 5. The maximum Gasteiger partial charge on any atom is 0.243 e. The molecule has 0 aliphatic carbocycles. The fourth-order valence-corrected chi connectivity index (χ4v) is 4.35. The SMILES string of the molecule is COCCOc1ccc(S(=O)(=O)N2CCN(c3ccccc3)CC2)cc1. The van der Waals surface area contributed by atoms with Gasteiger partial charge in [0, 0.05) is 39.0 Å². The number of sulfonamides is 1. The lowest BCUT2D eigenvalue weighted by molar-refractivity contribution is 0.146. The first-order chi connectivity index (χ1) is 12.6. The summed E-state index contributed by atoms with van der Waals surface area (Å²) in [7, 11) is -1.88. The molecule has 1 heterocycles. The first-order valence-corrected chi connectivity index (χ1v) is 10.1. The summed E-state index contributed by atoms with van der Waals surface area (Å²) in [6, 6.07) is 16.6. The molecule has 1 saturated heterocycles. The lowest BCUT2D eigenvalue weighted by atomic mass is 10.2. The molecule has 1 aliphatic heterocycles. The van der Waals surface area contributed by atoms with Crippen molar-refractivity contribution in [2.75, 3.05) is 51.4 Å². The van der Waals surface area contributed by atoms with Gasteiger partial charge >= 0.3 is 0 Å². The fourth-order valence-electron chi connectivity index (χ4n) is 2.93. The van der Waals surface area contributed by atoms with Gasteiger partial charge in [-0.1, -0.05) is 18.2 Å². The molecule has 0 atom stereocenters. The monoisotopic (exact) mass is 376 g/mol. The van der Waals surface area contributed by atoms with E-state index >= 15 is 0 Å². The van der Waals surface area contributed by atoms with E-state index in [1.165, 1.54) is 0 Å². The fraction of sp³-hybridized carbons (Fsp3) is 0.368. The van der Waals surface area contributed by atoms with Gasteiger partial charge in [-0.2, -0.15) is 4.31 Å². The Morgan fingerprint density at radius 1 is 0.885 bits per heavy atom. The van der Waals surface area contributed by atoms with E-state index in [-0.39, 0.29) is 0 Å². The molecule has 6 nitrogen and oxygen atoms in total. The van der Waals surface area contributed by atoms with Gasteiger partial charge in [-0.25, -0.2) is 8.42 Å². The minimum Gasteiger partial charge on any atom is -0.491 e. The van der Waals surface area contributed by atoms with Crippen molar-refractivity contribution >= 4 is 15.7 Å². The second-order valence-electron chi connectivity index (χ2n) is 6.04. The van der Waals surface area contributed by atoms with Crippen LogP contribution in [0.4, 0.5) is 5.69 Å². The van der Waals surface area contributed by atoms with Gasteiger partial charge in [-0.3, -0.25) is 0 Å². The number of anilines is 1. The molecule has 2 aromatic rings. The van der Waals surface area contributed by atoms with Crippen LogP contribution in [0.15, 0.2) is 59.5 Å². The normalized spacial score (nSPS) is 15.8. The lowest BCUT2D eigenvalue weighted by Crippen LogP contribution is -2.48. The van der Waals surface area contributed by atoms with Crippen molar-refractivity contribution in [1.82, 2.24) is 4.31 Å². The van der Waals surface area contributed by atoms with Gasteiger partial charge in [-0.05, 0) is 36.4 Å². The maximum atomic E-state index is 12.8. The Morgan fingerprint density at radius 2 is 1.54 bits per heavy atom. The average molecular weight is 376 g/mol. The van der Waals surface area contributed by atoms with E-state index in [4.69, 9.17) is 9.47 Å². The molecular formula is C19H24N2O4S. The van der Waals surface area contributed by atoms with Crippen LogP contribution in [0.2, 0.25) is 0 Å². The third-order valence-electron chi connectivity index (χ3n) is 4.38. The van der Waals surface area contributed by atoms with Crippen LogP contribution in [-0.2, 0) is 14.8 Å². The van der Waals surface area contributed by atoms with Crippen molar-refractivity contribution in [3.63, 3.8) is 0 Å². The summed E-state index contributed by atoms with van der Waals surface area (Å²) in [5.74, 6) is 0.634. The number of para-hydroxylation sites is 1. The Hall–Kier alpha value is -2.09. The summed E-state index contributed by atoms with van der Waals surface area (Å²) in [5.41, 5.74) is 1.13. The third kappa shape index (κ3) is 4.35. The number of ether oxygens (including phenoxy) is 2. The van der Waals surface area contributed by atoms with Gasteiger partial charge in [0.25, 0.3) is 0 Å². The molecule has 1 fully saturated rings. The summed E-state index contributed by atoms with van der Waals surface area (Å²) >= 11 is 0. The topological polar surface area (TPSA) is 59.1 Å². The van der Waals surface area contributed by atoms with Crippen LogP contribution in [0, 0.1) is 0 Å². The highest BCUT2D eigenvalue weighted by atomic mass is 32.2. The Bertz CT molecular complexity index is 786. The zero-order valence-corrected chi connectivity index (χ0v) is 15.7. The van der Waals surface area contributed by atoms with E-state index in [0.29, 0.717) is 50.0 Å². The predicted molar refractivity (Wildman–Crippen MR) is 101 cm³/mol. The molecule has 0 amide bonds. The van der Waals surface area contributed by atoms with Crippen LogP contribution in [0.5, 0.6) is 5.75 Å². The van der Waals surface area contributed by atoms with E-state index in [1.807, 2.05) is 30.3 Å². The maximum absolute atomic E-state index is 12.8. The zero-order valence-electron chi connectivity index (χ0n) is 14.9. The average Bonchev–Trinajstić information content (AvgIpc) is 2.69. The van der Waals surface area contributed by atoms with Crippen LogP contribution in [-0.4, -0.2) is 59.2 Å². The van der Waals surface area contributed by atoms with Crippen molar-refractivity contribution in [3.05, 3.63) is 54.6 Å². The molecule has 0 radical (unpaired) electrons. The number of methoxy groups -OCH3 is 1. The van der Waals surface area contributed by atoms with Gasteiger partial charge in [0.2, 0.25) is 10.0 Å². The Kier molecular flexibility index (Phi) is 6.13. The molecule has 0 saturated carbocycles. The Labute approximate surface area is 155 Å². The predicted octanol–water partition coefficient (Wildman–Crippen LogP) is 2.22. The smallest absolute Gasteiger partial charge is 0.243 e. The standard InChI is InChI=1S/C19H24N2O4S/c1-24-15-16-25-18-7-9-19(10-8-18)26(22,23)21-13-11-20(12-14-21)17-5-3-2-4-6-17/h2-10H,11-16H2,1H3. The molecular weight excluding hydrogens is 352 g/mol. The number of nitrogens with zero attached hydrogens (tertiary/aromatic N) is 2. The lowest BCUT2D eigenvalue weighted by Gasteiger charge is -2.35. The van der Waals surface area contributed by atoms with Gasteiger partial charge in [0.05, 0.1) is 11.5 Å². The molecule has 140 valence electrons. The van der Waals surface area contributed by atoms with E-state index < -0.39 is 10.0 Å². The van der Waals surface area contributed by atoms with Crippen LogP contribution >= 0.6 is 0 Å². The van der Waals surface area contributed by atoms with Gasteiger partial charge in [0.15, 0.2) is 0 Å². The van der Waals surface area contributed by atoms with E-state index in [9.17, 15) is 8.42 Å². The molecule has 0 spiro atoms. The number of rotatable bonds is 7. The highest BCUT2D eigenvalue weighted by Crippen LogP contribution is 2.22. The number of hydrogen-bond donors (Lipinski definition) is 0. The molecule has 26 heavy (non-hydrogen) atoms. The minimum absolute atomic E-state index is 0.296. The van der Waals surface area contributed by atoms with E-state index in [2.05, 4.69) is 4.90 Å². The van der Waals surface area contributed by atoms with Crippen LogP contribution in [0.1, 0.15) is 0 Å². The van der Waals surface area contributed by atoms with Crippen LogP contribution < -0.4 is 9.64 Å². The van der Waals surface area contributed by atoms with Gasteiger partial charge in [0.1, 0.15) is 12.4 Å². The molecule has 1 aliphatic rings. The largest absolute Gasteiger partial charge is 0.491 e. The molecule has 0 bridgehead atoms. The summed E-state index contributed by atoms with van der Waals surface area (Å²) in [4.78, 5) is 2.50. The third-order valence-corrected chi connectivity index (χ3v) is 6.29. The van der Waals surface area contributed by atoms with E-state index in [0.717, 1.165) is 5.69 Å². The summed E-state index contributed by atoms with van der Waals surface area (Å²) in [6.45, 7) is 3.24. The Morgan fingerprint density at radius 3 is 2.15 bits per heavy atom. The summed E-state index contributed by atoms with van der Waals surface area (Å²) in [5, 5.41) is 0. The van der Waals surface area contributed by atoms with E-state index in [1.54, 1.807) is 35.7 Å². The molecule has 0 unspecified atom stereocenters. The molecule has 0 aromatic heterocycles. The minimum atomic E-state index is -3.48. The summed E-state index contributed by atoms with van der Waals surface area (Å²) in [6.07, 6.45) is 0. The van der Waals surface area contributed by atoms with Gasteiger partial charge < -0.3 is 14.4 Å². The zero-order chi connectivity index (χ0) is 18.4. The van der Waals surface area contributed by atoms with Crippen molar-refractivity contribution in [3.8, 4) is 5.75 Å². The van der Waals surface area contributed by atoms with Crippen LogP contribution in [0.3, 0.4) is 0 Å². The second-order valence-corrected chi connectivity index (χ2v) is 7.98. The number of benzene rings is 2. The van der Waals surface area contributed by atoms with Crippen molar-refractivity contribution in [2.24, 2.45) is 0 Å².